The molecule has 0 radical (unpaired) electrons. The maximum absolute atomic E-state index is 12.7. The molecular weight excluding hydrogens is 416 g/mol. The summed E-state index contributed by atoms with van der Waals surface area (Å²) in [5.74, 6) is -2.31. The van der Waals surface area contributed by atoms with E-state index in [-0.39, 0.29) is 20.5 Å². The zero-order valence-corrected chi connectivity index (χ0v) is 16.3. The molecule has 0 bridgehead atoms. The number of hydrogen-bond acceptors (Lipinski definition) is 7. The summed E-state index contributed by atoms with van der Waals surface area (Å²) in [7, 11) is 0. The van der Waals surface area contributed by atoms with E-state index in [4.69, 9.17) is 22.1 Å². The number of hydrazine groups is 1. The Morgan fingerprint density at radius 3 is 2.59 bits per heavy atom. The van der Waals surface area contributed by atoms with E-state index < -0.39 is 24.4 Å². The van der Waals surface area contributed by atoms with Crippen LogP contribution in [0.25, 0.3) is 6.08 Å². The predicted octanol–water partition coefficient (Wildman–Crippen LogP) is 2.40. The van der Waals surface area contributed by atoms with Gasteiger partial charge in [0.1, 0.15) is 11.5 Å². The molecule has 3 N–H and O–H groups in total. The van der Waals surface area contributed by atoms with Gasteiger partial charge in [0.15, 0.2) is 10.9 Å². The third kappa shape index (κ3) is 4.73. The Morgan fingerprint density at radius 2 is 1.86 bits per heavy atom. The number of phenolic OH excluding ortho intramolecular Hbond substituents is 1. The van der Waals surface area contributed by atoms with Crippen LogP contribution in [0.4, 0.5) is 0 Å². The summed E-state index contributed by atoms with van der Waals surface area (Å²) in [6.45, 7) is -0.525. The number of phenols is 1. The summed E-state index contributed by atoms with van der Waals surface area (Å²) in [5, 5.41) is 19.5. The molecule has 0 spiro atoms. The fraction of sp³-hybridized carbons (Fsp3) is 0.0526. The van der Waals surface area contributed by atoms with E-state index in [1.807, 2.05) is 0 Å². The van der Waals surface area contributed by atoms with Crippen LogP contribution in [0.1, 0.15) is 15.9 Å². The van der Waals surface area contributed by atoms with Crippen LogP contribution < -0.4 is 10.2 Å². The molecule has 0 atom stereocenters. The molecule has 1 heterocycles. The lowest BCUT2D eigenvalue weighted by Crippen LogP contribution is -2.44. The summed E-state index contributed by atoms with van der Waals surface area (Å²) >= 11 is 6.14. The van der Waals surface area contributed by atoms with E-state index >= 15 is 0 Å². The van der Waals surface area contributed by atoms with E-state index in [0.717, 1.165) is 16.8 Å². The lowest BCUT2D eigenvalue weighted by atomic mass is 10.2. The Kier molecular flexibility index (Phi) is 6.15. The molecule has 1 saturated heterocycles. The van der Waals surface area contributed by atoms with Gasteiger partial charge in [0.05, 0.1) is 10.5 Å². The number of aromatic hydroxyl groups is 1. The number of rotatable bonds is 6. The molecule has 1 aliphatic heterocycles. The van der Waals surface area contributed by atoms with Gasteiger partial charge in [0.2, 0.25) is 0 Å². The molecule has 29 heavy (non-hydrogen) atoms. The molecule has 2 aromatic rings. The van der Waals surface area contributed by atoms with E-state index in [1.54, 1.807) is 36.4 Å². The molecule has 0 unspecified atom stereocenters. The zero-order valence-electron chi connectivity index (χ0n) is 14.7. The number of nitrogens with one attached hydrogen (secondary N) is 1. The number of carboxylic acids is 1. The largest absolute Gasteiger partial charge is 0.507 e. The van der Waals surface area contributed by atoms with Crippen molar-refractivity contribution >= 4 is 52.2 Å². The van der Waals surface area contributed by atoms with Gasteiger partial charge in [-0.05, 0) is 36.5 Å². The van der Waals surface area contributed by atoms with Crippen molar-refractivity contribution in [2.24, 2.45) is 0 Å². The standard InChI is InChI=1S/C19H14N2O6S2/c22-13-7-3-2-6-12(13)17(25)20-21-18(26)15(29-19(21)28)9-11-5-1-4-8-14(11)27-10-16(23)24/h1-9,22H,10H2,(H,20,25)(H,23,24). The molecule has 0 aromatic heterocycles. The smallest absolute Gasteiger partial charge is 0.341 e. The lowest BCUT2D eigenvalue weighted by molar-refractivity contribution is -0.139. The second-order valence-electron chi connectivity index (χ2n) is 5.70. The maximum Gasteiger partial charge on any atom is 0.341 e. The molecule has 1 aliphatic rings. The van der Waals surface area contributed by atoms with Crippen LogP contribution in [-0.4, -0.2) is 43.9 Å². The predicted molar refractivity (Wildman–Crippen MR) is 110 cm³/mol. The van der Waals surface area contributed by atoms with Crippen LogP contribution in [0, 0.1) is 0 Å². The number of carbonyl (C=O) groups is 3. The minimum Gasteiger partial charge on any atom is -0.507 e. The number of para-hydroxylation sites is 2. The first-order valence-electron chi connectivity index (χ1n) is 8.17. The highest BCUT2D eigenvalue weighted by molar-refractivity contribution is 8.26. The number of aliphatic carboxylic acids is 1. The second kappa shape index (κ2) is 8.76. The van der Waals surface area contributed by atoms with Crippen molar-refractivity contribution in [2.45, 2.75) is 0 Å². The first-order chi connectivity index (χ1) is 13.9. The Hall–Kier alpha value is -3.37. The number of amides is 2. The molecule has 8 nitrogen and oxygen atoms in total. The van der Waals surface area contributed by atoms with Crippen molar-refractivity contribution in [1.82, 2.24) is 10.4 Å². The first kappa shape index (κ1) is 20.4. The third-order valence-electron chi connectivity index (χ3n) is 3.71. The quantitative estimate of drug-likeness (QED) is 0.473. The highest BCUT2D eigenvalue weighted by atomic mass is 32.2. The summed E-state index contributed by atoms with van der Waals surface area (Å²) < 4.78 is 5.33. The van der Waals surface area contributed by atoms with Crippen molar-refractivity contribution in [3.05, 3.63) is 64.6 Å². The van der Waals surface area contributed by atoms with Crippen molar-refractivity contribution in [1.29, 1.82) is 0 Å². The minimum atomic E-state index is -1.13. The normalized spacial score (nSPS) is 14.9. The number of ether oxygens (including phenoxy) is 1. The lowest BCUT2D eigenvalue weighted by Gasteiger charge is -2.16. The summed E-state index contributed by atoms with van der Waals surface area (Å²) in [6.07, 6.45) is 1.50. The first-order valence-corrected chi connectivity index (χ1v) is 9.40. The number of thiocarbonyl (C=S) groups is 1. The highest BCUT2D eigenvalue weighted by Crippen LogP contribution is 2.33. The fourth-order valence-electron chi connectivity index (χ4n) is 2.40. The topological polar surface area (TPSA) is 116 Å². The molecule has 3 rings (SSSR count). The minimum absolute atomic E-state index is 0.00190. The van der Waals surface area contributed by atoms with Gasteiger partial charge in [-0.15, -0.1) is 0 Å². The van der Waals surface area contributed by atoms with Gasteiger partial charge in [-0.3, -0.25) is 15.0 Å². The Labute approximate surface area is 174 Å². The SMILES string of the molecule is O=C(O)COc1ccccc1C=C1SC(=S)N(NC(=O)c2ccccc2O)C1=O. The van der Waals surface area contributed by atoms with Gasteiger partial charge in [-0.2, -0.15) is 5.01 Å². The van der Waals surface area contributed by atoms with E-state index in [2.05, 4.69) is 5.43 Å². The van der Waals surface area contributed by atoms with Crippen LogP contribution in [-0.2, 0) is 9.59 Å². The van der Waals surface area contributed by atoms with Gasteiger partial charge in [-0.1, -0.05) is 42.1 Å². The van der Waals surface area contributed by atoms with E-state index in [9.17, 15) is 19.5 Å². The van der Waals surface area contributed by atoms with E-state index in [0.29, 0.717) is 11.3 Å². The van der Waals surface area contributed by atoms with Crippen molar-refractivity contribution in [2.75, 3.05) is 6.61 Å². The average Bonchev–Trinajstić information content (AvgIpc) is 2.95. The Balaban J connectivity index is 1.80. The summed E-state index contributed by atoms with van der Waals surface area (Å²) in [5.41, 5.74) is 2.86. The van der Waals surface area contributed by atoms with Gasteiger partial charge >= 0.3 is 5.97 Å². The number of carbonyl (C=O) groups excluding carboxylic acids is 2. The van der Waals surface area contributed by atoms with Crippen molar-refractivity contribution in [3.63, 3.8) is 0 Å². The van der Waals surface area contributed by atoms with Crippen LogP contribution in [0.2, 0.25) is 0 Å². The Morgan fingerprint density at radius 1 is 1.17 bits per heavy atom. The number of thioether (sulfide) groups is 1. The molecule has 148 valence electrons. The highest BCUT2D eigenvalue weighted by Gasteiger charge is 2.34. The van der Waals surface area contributed by atoms with Crippen LogP contribution in [0.3, 0.4) is 0 Å². The van der Waals surface area contributed by atoms with Crippen molar-refractivity contribution < 1.29 is 29.3 Å². The molecule has 10 heteroatoms. The van der Waals surface area contributed by atoms with Gasteiger partial charge in [0, 0.05) is 5.56 Å². The van der Waals surface area contributed by atoms with Gasteiger partial charge in [0.25, 0.3) is 11.8 Å². The molecule has 1 fully saturated rings. The second-order valence-corrected chi connectivity index (χ2v) is 7.37. The number of nitrogens with zero attached hydrogens (tertiary/aromatic N) is 1. The summed E-state index contributed by atoms with van der Waals surface area (Å²) in [4.78, 5) is 36.0. The van der Waals surface area contributed by atoms with Crippen molar-refractivity contribution in [3.8, 4) is 11.5 Å². The zero-order chi connectivity index (χ0) is 21.0. The molecule has 0 aliphatic carbocycles. The van der Waals surface area contributed by atoms with Crippen LogP contribution >= 0.6 is 24.0 Å². The average molecular weight is 430 g/mol. The molecule has 2 amide bonds. The summed E-state index contributed by atoms with van der Waals surface area (Å²) in [6, 6.07) is 12.5. The van der Waals surface area contributed by atoms with Crippen LogP contribution in [0.5, 0.6) is 11.5 Å². The fourth-order valence-corrected chi connectivity index (χ4v) is 3.57. The maximum atomic E-state index is 12.7. The number of benzene rings is 2. The molecule has 2 aromatic carbocycles. The van der Waals surface area contributed by atoms with Crippen LogP contribution in [0.15, 0.2) is 53.4 Å². The molecule has 0 saturated carbocycles. The third-order valence-corrected chi connectivity index (χ3v) is 5.01. The number of carboxylic acid groups (broad SMARTS) is 1. The Bertz CT molecular complexity index is 1040. The number of hydrogen-bond donors (Lipinski definition) is 3. The molecular formula is C19H14N2O6S2. The van der Waals surface area contributed by atoms with Gasteiger partial charge < -0.3 is 14.9 Å². The monoisotopic (exact) mass is 430 g/mol. The van der Waals surface area contributed by atoms with E-state index in [1.165, 1.54) is 18.2 Å². The van der Waals surface area contributed by atoms with Gasteiger partial charge in [-0.25, -0.2) is 4.79 Å².